The summed E-state index contributed by atoms with van der Waals surface area (Å²) in [5, 5.41) is 1.11. The standard InChI is InChI=1S/C11H14BrN/c12-6-3-7-13-8-10-4-1-2-5-11(10)9-13/h1-2,4-5H,3,6-9H2. The second-order valence-electron chi connectivity index (χ2n) is 3.52. The molecule has 0 aliphatic carbocycles. The number of hydrogen-bond acceptors (Lipinski definition) is 1. The van der Waals surface area contributed by atoms with Gasteiger partial charge in [0.1, 0.15) is 0 Å². The molecule has 1 heterocycles. The van der Waals surface area contributed by atoms with Gasteiger partial charge in [-0.15, -0.1) is 0 Å². The summed E-state index contributed by atoms with van der Waals surface area (Å²) in [6.45, 7) is 3.49. The summed E-state index contributed by atoms with van der Waals surface area (Å²) in [7, 11) is 0. The lowest BCUT2D eigenvalue weighted by Crippen LogP contribution is -2.17. The maximum Gasteiger partial charge on any atom is 0.0240 e. The Labute approximate surface area is 87.9 Å². The predicted molar refractivity (Wildman–Crippen MR) is 59.0 cm³/mol. The van der Waals surface area contributed by atoms with Crippen molar-refractivity contribution in [3.63, 3.8) is 0 Å². The minimum Gasteiger partial charge on any atom is -0.295 e. The summed E-state index contributed by atoms with van der Waals surface area (Å²) in [4.78, 5) is 2.51. The van der Waals surface area contributed by atoms with Gasteiger partial charge in [0.05, 0.1) is 0 Å². The molecule has 0 unspecified atom stereocenters. The number of fused-ring (bicyclic) bond motifs is 1. The third kappa shape index (κ3) is 2.12. The zero-order chi connectivity index (χ0) is 9.10. The number of benzene rings is 1. The average Bonchev–Trinajstić information content (AvgIpc) is 2.57. The van der Waals surface area contributed by atoms with Crippen molar-refractivity contribution in [3.8, 4) is 0 Å². The van der Waals surface area contributed by atoms with Crippen LogP contribution in [0, 0.1) is 0 Å². The summed E-state index contributed by atoms with van der Waals surface area (Å²) < 4.78 is 0. The van der Waals surface area contributed by atoms with Crippen molar-refractivity contribution < 1.29 is 0 Å². The van der Waals surface area contributed by atoms with E-state index in [4.69, 9.17) is 0 Å². The Kier molecular flexibility index (Phi) is 3.01. The molecule has 0 saturated heterocycles. The Hall–Kier alpha value is -0.340. The molecule has 0 saturated carbocycles. The molecule has 1 aromatic rings. The molecule has 13 heavy (non-hydrogen) atoms. The molecule has 0 bridgehead atoms. The van der Waals surface area contributed by atoms with E-state index in [9.17, 15) is 0 Å². The first-order valence-electron chi connectivity index (χ1n) is 4.75. The van der Waals surface area contributed by atoms with Gasteiger partial charge >= 0.3 is 0 Å². The summed E-state index contributed by atoms with van der Waals surface area (Å²) in [5.74, 6) is 0. The van der Waals surface area contributed by atoms with Crippen LogP contribution < -0.4 is 0 Å². The first-order valence-corrected chi connectivity index (χ1v) is 5.87. The van der Waals surface area contributed by atoms with E-state index in [0.29, 0.717) is 0 Å². The van der Waals surface area contributed by atoms with Crippen molar-refractivity contribution in [1.29, 1.82) is 0 Å². The molecule has 0 N–H and O–H groups in total. The number of rotatable bonds is 3. The Balaban J connectivity index is 1.97. The molecule has 0 radical (unpaired) electrons. The van der Waals surface area contributed by atoms with Gasteiger partial charge in [0.25, 0.3) is 0 Å². The van der Waals surface area contributed by atoms with Crippen LogP contribution in [-0.4, -0.2) is 16.8 Å². The van der Waals surface area contributed by atoms with Gasteiger partial charge in [-0.1, -0.05) is 40.2 Å². The van der Waals surface area contributed by atoms with Crippen LogP contribution in [0.25, 0.3) is 0 Å². The zero-order valence-corrected chi connectivity index (χ0v) is 9.26. The van der Waals surface area contributed by atoms with Gasteiger partial charge in [0, 0.05) is 18.4 Å². The molecule has 0 atom stereocenters. The first kappa shape index (κ1) is 9.22. The molecular formula is C11H14BrN. The molecule has 0 spiro atoms. The van der Waals surface area contributed by atoms with E-state index in [1.54, 1.807) is 0 Å². The number of halogens is 1. The van der Waals surface area contributed by atoms with Crippen LogP contribution in [0.1, 0.15) is 17.5 Å². The van der Waals surface area contributed by atoms with E-state index in [1.165, 1.54) is 24.1 Å². The molecular weight excluding hydrogens is 226 g/mol. The maximum atomic E-state index is 3.47. The van der Waals surface area contributed by atoms with E-state index in [0.717, 1.165) is 18.4 Å². The minimum absolute atomic E-state index is 1.11. The molecule has 0 amide bonds. The van der Waals surface area contributed by atoms with Crippen LogP contribution in [0.4, 0.5) is 0 Å². The van der Waals surface area contributed by atoms with E-state index in [1.807, 2.05) is 0 Å². The zero-order valence-electron chi connectivity index (χ0n) is 7.67. The quantitative estimate of drug-likeness (QED) is 0.734. The lowest BCUT2D eigenvalue weighted by atomic mass is 10.1. The fourth-order valence-electron chi connectivity index (χ4n) is 1.85. The van der Waals surface area contributed by atoms with Crippen molar-refractivity contribution in [2.75, 3.05) is 11.9 Å². The highest BCUT2D eigenvalue weighted by molar-refractivity contribution is 9.09. The minimum atomic E-state index is 1.11. The molecule has 70 valence electrons. The largest absolute Gasteiger partial charge is 0.295 e. The summed E-state index contributed by atoms with van der Waals surface area (Å²) in [5.41, 5.74) is 3.02. The van der Waals surface area contributed by atoms with Crippen LogP contribution in [0.2, 0.25) is 0 Å². The number of nitrogens with zero attached hydrogens (tertiary/aromatic N) is 1. The van der Waals surface area contributed by atoms with Crippen molar-refractivity contribution in [1.82, 2.24) is 4.90 Å². The van der Waals surface area contributed by atoms with E-state index in [2.05, 4.69) is 45.1 Å². The highest BCUT2D eigenvalue weighted by atomic mass is 79.9. The smallest absolute Gasteiger partial charge is 0.0240 e. The fourth-order valence-corrected chi connectivity index (χ4v) is 2.10. The molecule has 0 fully saturated rings. The second kappa shape index (κ2) is 4.25. The Morgan fingerprint density at radius 1 is 1.15 bits per heavy atom. The third-order valence-electron chi connectivity index (χ3n) is 2.51. The van der Waals surface area contributed by atoms with Crippen molar-refractivity contribution in [2.45, 2.75) is 19.5 Å². The van der Waals surface area contributed by atoms with Crippen LogP contribution in [0.5, 0.6) is 0 Å². The van der Waals surface area contributed by atoms with Crippen molar-refractivity contribution in [3.05, 3.63) is 35.4 Å². The van der Waals surface area contributed by atoms with Gasteiger partial charge in [0.2, 0.25) is 0 Å². The molecule has 1 aliphatic heterocycles. The lowest BCUT2D eigenvalue weighted by molar-refractivity contribution is 0.286. The first-order chi connectivity index (χ1) is 6.40. The van der Waals surface area contributed by atoms with E-state index < -0.39 is 0 Å². The molecule has 1 nitrogen and oxygen atoms in total. The highest BCUT2D eigenvalue weighted by Crippen LogP contribution is 2.21. The average molecular weight is 240 g/mol. The third-order valence-corrected chi connectivity index (χ3v) is 3.07. The van der Waals surface area contributed by atoms with Crippen LogP contribution in [0.15, 0.2) is 24.3 Å². The molecule has 2 rings (SSSR count). The van der Waals surface area contributed by atoms with E-state index >= 15 is 0 Å². The Bertz CT molecular complexity index is 260. The summed E-state index contributed by atoms with van der Waals surface area (Å²) in [6, 6.07) is 8.74. The topological polar surface area (TPSA) is 3.24 Å². The van der Waals surface area contributed by atoms with Gasteiger partial charge < -0.3 is 0 Å². The van der Waals surface area contributed by atoms with Gasteiger partial charge in [-0.2, -0.15) is 0 Å². The maximum absolute atomic E-state index is 3.47. The Morgan fingerprint density at radius 3 is 2.31 bits per heavy atom. The van der Waals surface area contributed by atoms with Gasteiger partial charge in [-0.05, 0) is 24.1 Å². The van der Waals surface area contributed by atoms with Gasteiger partial charge in [-0.25, -0.2) is 0 Å². The van der Waals surface area contributed by atoms with Crippen molar-refractivity contribution in [2.24, 2.45) is 0 Å². The predicted octanol–water partition coefficient (Wildman–Crippen LogP) is 2.79. The molecule has 1 aromatic carbocycles. The number of alkyl halides is 1. The fraction of sp³-hybridized carbons (Fsp3) is 0.455. The van der Waals surface area contributed by atoms with Gasteiger partial charge in [0.15, 0.2) is 0 Å². The van der Waals surface area contributed by atoms with Gasteiger partial charge in [-0.3, -0.25) is 4.90 Å². The normalized spacial score (nSPS) is 16.1. The molecule has 0 aromatic heterocycles. The SMILES string of the molecule is BrCCCN1Cc2ccccc2C1. The molecule has 2 heteroatoms. The van der Waals surface area contributed by atoms with E-state index in [-0.39, 0.29) is 0 Å². The summed E-state index contributed by atoms with van der Waals surface area (Å²) in [6.07, 6.45) is 1.24. The monoisotopic (exact) mass is 239 g/mol. The number of hydrogen-bond donors (Lipinski definition) is 0. The molecule has 1 aliphatic rings. The van der Waals surface area contributed by atoms with Crippen molar-refractivity contribution >= 4 is 15.9 Å². The second-order valence-corrected chi connectivity index (χ2v) is 4.31. The summed E-state index contributed by atoms with van der Waals surface area (Å²) >= 11 is 3.47. The van der Waals surface area contributed by atoms with Crippen LogP contribution >= 0.6 is 15.9 Å². The van der Waals surface area contributed by atoms with Crippen LogP contribution in [-0.2, 0) is 13.1 Å². The highest BCUT2D eigenvalue weighted by Gasteiger charge is 2.16. The van der Waals surface area contributed by atoms with Crippen LogP contribution in [0.3, 0.4) is 0 Å². The lowest BCUT2D eigenvalue weighted by Gasteiger charge is -2.12. The Morgan fingerprint density at radius 2 is 1.77 bits per heavy atom.